The average Bonchev–Trinajstić information content (AvgIpc) is 3.06. The van der Waals surface area contributed by atoms with Crippen molar-refractivity contribution in [1.29, 1.82) is 0 Å². The first kappa shape index (κ1) is 17.3. The SMILES string of the molecule is Cc1ccccc1C(=O)Oc1ccc2c(Cc3ccc(Cl)cc3)noc2c1. The Morgan fingerprint density at radius 3 is 2.63 bits per heavy atom. The Morgan fingerprint density at radius 1 is 1.07 bits per heavy atom. The van der Waals surface area contributed by atoms with E-state index in [0.29, 0.717) is 28.3 Å². The van der Waals surface area contributed by atoms with E-state index in [9.17, 15) is 4.79 Å². The molecule has 0 aliphatic carbocycles. The number of halogens is 1. The molecule has 4 rings (SSSR count). The topological polar surface area (TPSA) is 52.3 Å². The molecule has 0 aliphatic rings. The van der Waals surface area contributed by atoms with Crippen LogP contribution in [0.3, 0.4) is 0 Å². The van der Waals surface area contributed by atoms with Crippen molar-refractivity contribution in [2.45, 2.75) is 13.3 Å². The van der Waals surface area contributed by atoms with Crippen molar-refractivity contribution >= 4 is 28.5 Å². The van der Waals surface area contributed by atoms with Gasteiger partial charge in [0.2, 0.25) is 0 Å². The lowest BCUT2D eigenvalue weighted by atomic mass is 10.1. The van der Waals surface area contributed by atoms with Gasteiger partial charge in [-0.2, -0.15) is 0 Å². The van der Waals surface area contributed by atoms with Gasteiger partial charge in [0.1, 0.15) is 5.75 Å². The van der Waals surface area contributed by atoms with Crippen LogP contribution in [0.25, 0.3) is 11.0 Å². The van der Waals surface area contributed by atoms with Gasteiger partial charge in [-0.3, -0.25) is 0 Å². The first-order chi connectivity index (χ1) is 13.1. The molecule has 134 valence electrons. The average molecular weight is 378 g/mol. The van der Waals surface area contributed by atoms with Crippen LogP contribution in [-0.4, -0.2) is 11.1 Å². The highest BCUT2D eigenvalue weighted by molar-refractivity contribution is 6.30. The van der Waals surface area contributed by atoms with Gasteiger partial charge in [0.05, 0.1) is 11.3 Å². The first-order valence-corrected chi connectivity index (χ1v) is 8.88. The third kappa shape index (κ3) is 3.71. The molecule has 5 heteroatoms. The predicted molar refractivity (Wildman–Crippen MR) is 104 cm³/mol. The summed E-state index contributed by atoms with van der Waals surface area (Å²) in [5.41, 5.74) is 3.90. The van der Waals surface area contributed by atoms with Crippen molar-refractivity contribution in [3.05, 3.63) is 94.1 Å². The van der Waals surface area contributed by atoms with Gasteiger partial charge in [-0.15, -0.1) is 0 Å². The summed E-state index contributed by atoms with van der Waals surface area (Å²) in [6, 6.07) is 20.2. The Morgan fingerprint density at radius 2 is 1.85 bits per heavy atom. The zero-order chi connectivity index (χ0) is 18.8. The maximum Gasteiger partial charge on any atom is 0.343 e. The normalized spacial score (nSPS) is 10.9. The van der Waals surface area contributed by atoms with Gasteiger partial charge in [0.15, 0.2) is 5.58 Å². The lowest BCUT2D eigenvalue weighted by molar-refractivity contribution is 0.0734. The van der Waals surface area contributed by atoms with Crippen molar-refractivity contribution in [3.63, 3.8) is 0 Å². The van der Waals surface area contributed by atoms with Crippen molar-refractivity contribution in [3.8, 4) is 5.75 Å². The third-order valence-corrected chi connectivity index (χ3v) is 4.63. The highest BCUT2D eigenvalue weighted by Gasteiger charge is 2.14. The highest BCUT2D eigenvalue weighted by Crippen LogP contribution is 2.26. The van der Waals surface area contributed by atoms with E-state index in [2.05, 4.69) is 5.16 Å². The molecule has 0 radical (unpaired) electrons. The van der Waals surface area contributed by atoms with Crippen molar-refractivity contribution in [2.75, 3.05) is 0 Å². The number of ether oxygens (including phenoxy) is 1. The molecule has 0 saturated heterocycles. The molecule has 4 aromatic rings. The van der Waals surface area contributed by atoms with Crippen molar-refractivity contribution in [2.24, 2.45) is 0 Å². The van der Waals surface area contributed by atoms with Gasteiger partial charge in [0.25, 0.3) is 0 Å². The molecular formula is C22H16ClNO3. The standard InChI is InChI=1S/C22H16ClNO3/c1-14-4-2-3-5-18(14)22(25)26-17-10-11-19-20(24-27-21(19)13-17)12-15-6-8-16(23)9-7-15/h2-11,13H,12H2,1H3. The number of nitrogens with zero attached hydrogens (tertiary/aromatic N) is 1. The smallest absolute Gasteiger partial charge is 0.343 e. The molecule has 4 nitrogen and oxygen atoms in total. The lowest BCUT2D eigenvalue weighted by Crippen LogP contribution is -2.09. The molecule has 0 amide bonds. The molecule has 0 aliphatic heterocycles. The number of fused-ring (bicyclic) bond motifs is 1. The van der Waals surface area contributed by atoms with Gasteiger partial charge in [0, 0.05) is 22.9 Å². The monoisotopic (exact) mass is 377 g/mol. The fourth-order valence-corrected chi connectivity index (χ4v) is 3.05. The second-order valence-electron chi connectivity index (χ2n) is 6.29. The minimum absolute atomic E-state index is 0.395. The van der Waals surface area contributed by atoms with Gasteiger partial charge in [-0.25, -0.2) is 4.79 Å². The van der Waals surface area contributed by atoms with Crippen molar-refractivity contribution < 1.29 is 14.1 Å². The summed E-state index contributed by atoms with van der Waals surface area (Å²) in [5.74, 6) is 0.0262. The molecule has 0 bridgehead atoms. The van der Waals surface area contributed by atoms with Crippen molar-refractivity contribution in [1.82, 2.24) is 5.16 Å². The number of carbonyl (C=O) groups is 1. The number of carbonyl (C=O) groups excluding carboxylic acids is 1. The van der Waals surface area contributed by atoms with E-state index in [1.807, 2.05) is 55.5 Å². The van der Waals surface area contributed by atoms with E-state index in [1.165, 1.54) is 0 Å². The molecule has 3 aromatic carbocycles. The first-order valence-electron chi connectivity index (χ1n) is 8.51. The van der Waals surface area contributed by atoms with E-state index in [0.717, 1.165) is 22.2 Å². The van der Waals surface area contributed by atoms with Crippen LogP contribution in [0.1, 0.15) is 27.2 Å². The fraction of sp³-hybridized carbons (Fsp3) is 0.0909. The number of esters is 1. The predicted octanol–water partition coefficient (Wildman–Crippen LogP) is 5.60. The minimum atomic E-state index is -0.395. The number of rotatable bonds is 4. The Balaban J connectivity index is 1.56. The van der Waals surface area contributed by atoms with Gasteiger partial charge >= 0.3 is 5.97 Å². The van der Waals surface area contributed by atoms with E-state index in [1.54, 1.807) is 18.2 Å². The largest absolute Gasteiger partial charge is 0.423 e. The van der Waals surface area contributed by atoms with E-state index >= 15 is 0 Å². The van der Waals surface area contributed by atoms with Crippen LogP contribution < -0.4 is 4.74 Å². The molecule has 0 unspecified atom stereocenters. The van der Waals surface area contributed by atoms with E-state index in [4.69, 9.17) is 20.9 Å². The quantitative estimate of drug-likeness (QED) is 0.343. The molecule has 0 atom stereocenters. The summed E-state index contributed by atoms with van der Waals surface area (Å²) in [5, 5.41) is 5.74. The van der Waals surface area contributed by atoms with Crippen LogP contribution in [0.5, 0.6) is 5.75 Å². The number of aryl methyl sites for hydroxylation is 1. The Labute approximate surface area is 161 Å². The van der Waals surface area contributed by atoms with Gasteiger partial charge in [-0.1, -0.05) is 47.1 Å². The second-order valence-corrected chi connectivity index (χ2v) is 6.73. The Bertz CT molecular complexity index is 1120. The third-order valence-electron chi connectivity index (χ3n) is 4.38. The van der Waals surface area contributed by atoms with Crippen LogP contribution in [0.2, 0.25) is 5.02 Å². The van der Waals surface area contributed by atoms with E-state index in [-0.39, 0.29) is 0 Å². The Hall–Kier alpha value is -3.11. The zero-order valence-corrected chi connectivity index (χ0v) is 15.4. The molecule has 0 saturated carbocycles. The Kier molecular flexibility index (Phi) is 4.65. The molecule has 0 fully saturated rings. The summed E-state index contributed by atoms with van der Waals surface area (Å²) < 4.78 is 10.9. The van der Waals surface area contributed by atoms with Gasteiger partial charge in [-0.05, 0) is 48.4 Å². The van der Waals surface area contributed by atoms with Crippen LogP contribution in [0, 0.1) is 6.92 Å². The number of hydrogen-bond donors (Lipinski definition) is 0. The second kappa shape index (κ2) is 7.25. The maximum atomic E-state index is 12.4. The number of benzene rings is 3. The minimum Gasteiger partial charge on any atom is -0.423 e. The molecule has 0 N–H and O–H groups in total. The maximum absolute atomic E-state index is 12.4. The zero-order valence-electron chi connectivity index (χ0n) is 14.6. The summed E-state index contributed by atoms with van der Waals surface area (Å²) in [7, 11) is 0. The molecular weight excluding hydrogens is 362 g/mol. The number of aromatic nitrogens is 1. The van der Waals surface area contributed by atoms with Crippen LogP contribution in [0.15, 0.2) is 71.3 Å². The fourth-order valence-electron chi connectivity index (χ4n) is 2.92. The van der Waals surface area contributed by atoms with Gasteiger partial charge < -0.3 is 9.26 Å². The molecule has 1 aromatic heterocycles. The van der Waals surface area contributed by atoms with E-state index < -0.39 is 5.97 Å². The summed E-state index contributed by atoms with van der Waals surface area (Å²) in [6.07, 6.45) is 0.631. The van der Waals surface area contributed by atoms with Crippen LogP contribution in [-0.2, 0) is 6.42 Å². The molecule has 1 heterocycles. The summed E-state index contributed by atoms with van der Waals surface area (Å²) in [4.78, 5) is 12.4. The summed E-state index contributed by atoms with van der Waals surface area (Å²) in [6.45, 7) is 1.87. The van der Waals surface area contributed by atoms with Crippen LogP contribution in [0.4, 0.5) is 0 Å². The molecule has 27 heavy (non-hydrogen) atoms. The molecule has 0 spiro atoms. The summed E-state index contributed by atoms with van der Waals surface area (Å²) >= 11 is 5.93. The van der Waals surface area contributed by atoms with Crippen LogP contribution >= 0.6 is 11.6 Å². The lowest BCUT2D eigenvalue weighted by Gasteiger charge is -2.06. The number of hydrogen-bond acceptors (Lipinski definition) is 4. The highest BCUT2D eigenvalue weighted by atomic mass is 35.5.